The Hall–Kier alpha value is -4.06. The molecule has 1 amide bonds. The lowest BCUT2D eigenvalue weighted by molar-refractivity contribution is 0.0953. The summed E-state index contributed by atoms with van der Waals surface area (Å²) >= 11 is 0. The van der Waals surface area contributed by atoms with E-state index in [4.69, 9.17) is 14.0 Å². The number of nitrogens with zero attached hydrogens (tertiary/aromatic N) is 1. The van der Waals surface area contributed by atoms with Gasteiger partial charge in [0.15, 0.2) is 17.3 Å². The molecule has 38 heavy (non-hydrogen) atoms. The zero-order valence-electron chi connectivity index (χ0n) is 22.5. The molecule has 3 aromatic carbocycles. The predicted molar refractivity (Wildman–Crippen MR) is 151 cm³/mol. The van der Waals surface area contributed by atoms with E-state index in [1.165, 1.54) is 6.42 Å². The van der Waals surface area contributed by atoms with Crippen LogP contribution in [0.2, 0.25) is 0 Å². The van der Waals surface area contributed by atoms with Crippen molar-refractivity contribution in [2.45, 2.75) is 45.4 Å². The summed E-state index contributed by atoms with van der Waals surface area (Å²) in [5, 5.41) is 7.41. The average molecular weight is 513 g/mol. The number of aryl methyl sites for hydroxylation is 1. The average Bonchev–Trinajstić information content (AvgIpc) is 3.39. The molecule has 0 unspecified atom stereocenters. The van der Waals surface area contributed by atoms with E-state index in [1.807, 2.05) is 60.7 Å². The maximum absolute atomic E-state index is 13.5. The summed E-state index contributed by atoms with van der Waals surface area (Å²) in [6.07, 6.45) is 5.76. The molecular formula is C32H36N2O4. The lowest BCUT2D eigenvalue weighted by atomic mass is 9.99. The molecule has 1 N–H and O–H groups in total. The maximum Gasteiger partial charge on any atom is 0.257 e. The van der Waals surface area contributed by atoms with Gasteiger partial charge < -0.3 is 19.3 Å². The number of ether oxygens (including phenoxy) is 2. The van der Waals surface area contributed by atoms with E-state index in [0.29, 0.717) is 47.9 Å². The first kappa shape index (κ1) is 27.0. The minimum absolute atomic E-state index is 0.167. The van der Waals surface area contributed by atoms with Crippen molar-refractivity contribution >= 4 is 5.91 Å². The summed E-state index contributed by atoms with van der Waals surface area (Å²) in [5.74, 6) is 1.70. The second kappa shape index (κ2) is 13.5. The number of unbranched alkanes of at least 4 members (excludes halogenated alkanes) is 3. The van der Waals surface area contributed by atoms with Crippen molar-refractivity contribution in [3.05, 3.63) is 89.6 Å². The van der Waals surface area contributed by atoms with Crippen LogP contribution in [0, 0.1) is 0 Å². The highest BCUT2D eigenvalue weighted by Gasteiger charge is 2.24. The number of hydrogen-bond donors (Lipinski definition) is 1. The highest BCUT2D eigenvalue weighted by atomic mass is 16.5. The molecule has 198 valence electrons. The van der Waals surface area contributed by atoms with E-state index in [-0.39, 0.29) is 5.91 Å². The second-order valence-electron chi connectivity index (χ2n) is 9.28. The third kappa shape index (κ3) is 6.62. The Morgan fingerprint density at radius 2 is 1.53 bits per heavy atom. The lowest BCUT2D eigenvalue weighted by Gasteiger charge is -2.10. The Bertz CT molecular complexity index is 1310. The summed E-state index contributed by atoms with van der Waals surface area (Å²) in [4.78, 5) is 13.5. The van der Waals surface area contributed by atoms with Gasteiger partial charge in [-0.1, -0.05) is 92.0 Å². The number of hydrogen-bond acceptors (Lipinski definition) is 5. The van der Waals surface area contributed by atoms with Crippen molar-refractivity contribution < 1.29 is 18.8 Å². The molecule has 4 aromatic rings. The third-order valence-corrected chi connectivity index (χ3v) is 6.66. The van der Waals surface area contributed by atoms with Gasteiger partial charge in [-0.2, -0.15) is 0 Å². The van der Waals surface area contributed by atoms with Crippen LogP contribution in [0.5, 0.6) is 11.5 Å². The normalized spacial score (nSPS) is 10.8. The molecule has 0 aliphatic heterocycles. The Kier molecular flexibility index (Phi) is 9.57. The SMILES string of the molecule is CCCCCCc1noc(-c2ccc(-c3ccccc3)cc2)c1C(=O)NCCc1ccc(OC)c(OC)c1. The fraction of sp³-hybridized carbons (Fsp3) is 0.312. The first-order valence-electron chi connectivity index (χ1n) is 13.3. The zero-order valence-corrected chi connectivity index (χ0v) is 22.5. The van der Waals surface area contributed by atoms with Crippen LogP contribution in [-0.2, 0) is 12.8 Å². The van der Waals surface area contributed by atoms with E-state index < -0.39 is 0 Å². The summed E-state index contributed by atoms with van der Waals surface area (Å²) in [5.41, 5.74) is 5.37. The van der Waals surface area contributed by atoms with E-state index in [9.17, 15) is 4.79 Å². The van der Waals surface area contributed by atoms with Crippen LogP contribution in [-0.4, -0.2) is 31.8 Å². The fourth-order valence-electron chi connectivity index (χ4n) is 4.53. The number of carbonyl (C=O) groups excluding carboxylic acids is 1. The second-order valence-corrected chi connectivity index (χ2v) is 9.28. The van der Waals surface area contributed by atoms with Crippen LogP contribution >= 0.6 is 0 Å². The largest absolute Gasteiger partial charge is 0.493 e. The Labute approximate surface area is 225 Å². The lowest BCUT2D eigenvalue weighted by Crippen LogP contribution is -2.26. The van der Waals surface area contributed by atoms with Crippen LogP contribution in [0.15, 0.2) is 77.3 Å². The molecule has 6 heteroatoms. The summed E-state index contributed by atoms with van der Waals surface area (Å²) in [6.45, 7) is 2.66. The van der Waals surface area contributed by atoms with Gasteiger partial charge >= 0.3 is 0 Å². The highest BCUT2D eigenvalue weighted by molar-refractivity contribution is 6.00. The molecule has 4 rings (SSSR count). The van der Waals surface area contributed by atoms with Crippen LogP contribution in [0.3, 0.4) is 0 Å². The van der Waals surface area contributed by atoms with Gasteiger partial charge in [0.2, 0.25) is 0 Å². The number of rotatable bonds is 13. The summed E-state index contributed by atoms with van der Waals surface area (Å²) < 4.78 is 16.5. The molecule has 0 spiro atoms. The molecule has 0 fully saturated rings. The molecule has 0 atom stereocenters. The Morgan fingerprint density at radius 3 is 2.24 bits per heavy atom. The highest BCUT2D eigenvalue weighted by Crippen LogP contribution is 2.30. The van der Waals surface area contributed by atoms with Crippen molar-refractivity contribution in [1.82, 2.24) is 10.5 Å². The van der Waals surface area contributed by atoms with E-state index in [2.05, 4.69) is 29.5 Å². The molecular weight excluding hydrogens is 476 g/mol. The molecule has 0 saturated carbocycles. The van der Waals surface area contributed by atoms with Crippen LogP contribution in [0.4, 0.5) is 0 Å². The number of amides is 1. The number of carbonyl (C=O) groups is 1. The van der Waals surface area contributed by atoms with Crippen molar-refractivity contribution in [1.29, 1.82) is 0 Å². The number of benzene rings is 3. The molecule has 0 radical (unpaired) electrons. The fourth-order valence-corrected chi connectivity index (χ4v) is 4.53. The maximum atomic E-state index is 13.5. The molecule has 0 aliphatic rings. The van der Waals surface area contributed by atoms with Gasteiger partial charge in [-0.05, 0) is 48.1 Å². The van der Waals surface area contributed by atoms with Crippen LogP contribution < -0.4 is 14.8 Å². The monoisotopic (exact) mass is 512 g/mol. The van der Waals surface area contributed by atoms with Crippen molar-refractivity contribution in [2.75, 3.05) is 20.8 Å². The smallest absolute Gasteiger partial charge is 0.257 e. The molecule has 1 aromatic heterocycles. The van der Waals surface area contributed by atoms with E-state index in [0.717, 1.165) is 41.5 Å². The number of methoxy groups -OCH3 is 2. The molecule has 0 aliphatic carbocycles. The minimum atomic E-state index is -0.167. The van der Waals surface area contributed by atoms with Gasteiger partial charge in [0.25, 0.3) is 5.91 Å². The molecule has 0 saturated heterocycles. The van der Waals surface area contributed by atoms with Gasteiger partial charge in [0, 0.05) is 12.1 Å². The van der Waals surface area contributed by atoms with Gasteiger partial charge in [-0.25, -0.2) is 0 Å². The topological polar surface area (TPSA) is 73.6 Å². The van der Waals surface area contributed by atoms with Gasteiger partial charge in [-0.15, -0.1) is 0 Å². The van der Waals surface area contributed by atoms with Crippen molar-refractivity contribution in [3.8, 4) is 33.9 Å². The van der Waals surface area contributed by atoms with Gasteiger partial charge in [0.05, 0.1) is 19.9 Å². The first-order valence-corrected chi connectivity index (χ1v) is 13.3. The first-order chi connectivity index (χ1) is 18.6. The van der Waals surface area contributed by atoms with Crippen LogP contribution in [0.25, 0.3) is 22.5 Å². The summed E-state index contributed by atoms with van der Waals surface area (Å²) in [6, 6.07) is 24.1. The third-order valence-electron chi connectivity index (χ3n) is 6.66. The summed E-state index contributed by atoms with van der Waals surface area (Å²) in [7, 11) is 3.23. The van der Waals surface area contributed by atoms with E-state index >= 15 is 0 Å². The zero-order chi connectivity index (χ0) is 26.7. The number of nitrogens with one attached hydrogen (secondary N) is 1. The van der Waals surface area contributed by atoms with Crippen molar-refractivity contribution in [3.63, 3.8) is 0 Å². The van der Waals surface area contributed by atoms with Crippen LogP contribution in [0.1, 0.15) is 54.2 Å². The van der Waals surface area contributed by atoms with Gasteiger partial charge in [0.1, 0.15) is 5.56 Å². The van der Waals surface area contributed by atoms with Gasteiger partial charge in [-0.3, -0.25) is 4.79 Å². The van der Waals surface area contributed by atoms with Crippen molar-refractivity contribution in [2.24, 2.45) is 0 Å². The standard InChI is InChI=1S/C32H36N2O4/c1-4-5-6-10-13-27-30(32(35)33-21-20-23-14-19-28(36-2)29(22-23)37-3)31(38-34-27)26-17-15-25(16-18-26)24-11-8-7-9-12-24/h7-9,11-12,14-19,22H,4-6,10,13,20-21H2,1-3H3,(H,33,35). The van der Waals surface area contributed by atoms with E-state index in [1.54, 1.807) is 14.2 Å². The predicted octanol–water partition coefficient (Wildman–Crippen LogP) is 7.12. The minimum Gasteiger partial charge on any atom is -0.493 e. The molecule has 6 nitrogen and oxygen atoms in total. The number of aromatic nitrogens is 1. The Balaban J connectivity index is 1.52. The quantitative estimate of drug-likeness (QED) is 0.193. The Morgan fingerprint density at radius 1 is 0.816 bits per heavy atom. The molecule has 0 bridgehead atoms. The molecule has 1 heterocycles.